The molecule has 0 aliphatic carbocycles. The third kappa shape index (κ3) is 3.73. The number of rotatable bonds is 6. The van der Waals surface area contributed by atoms with Crippen molar-refractivity contribution in [2.45, 2.75) is 37.8 Å². The number of sulfonamides is 1. The molecule has 0 spiro atoms. The number of fused-ring (bicyclic) bond motifs is 3. The number of ether oxygens (including phenoxy) is 1. The summed E-state index contributed by atoms with van der Waals surface area (Å²) in [6.07, 6.45) is 0.795. The minimum atomic E-state index is -3.73. The van der Waals surface area contributed by atoms with Gasteiger partial charge in [0.25, 0.3) is 0 Å². The van der Waals surface area contributed by atoms with Gasteiger partial charge in [-0.05, 0) is 42.8 Å². The second kappa shape index (κ2) is 8.20. The average Bonchev–Trinajstić information content (AvgIpc) is 3.06. The number of nitrogens with zero attached hydrogens (tertiary/aromatic N) is 2. The largest absolute Gasteiger partial charge is 0.466 e. The van der Waals surface area contributed by atoms with E-state index in [1.165, 1.54) is 16.4 Å². The Labute approximate surface area is 174 Å². The summed E-state index contributed by atoms with van der Waals surface area (Å²) in [7, 11) is -3.73. The molecule has 3 aromatic rings. The van der Waals surface area contributed by atoms with Crippen LogP contribution >= 0.6 is 0 Å². The molecule has 0 unspecified atom stereocenters. The Hall–Kier alpha value is -2.71. The van der Waals surface area contributed by atoms with Crippen LogP contribution < -0.4 is 0 Å². The highest BCUT2D eigenvalue weighted by Crippen LogP contribution is 2.33. The Morgan fingerprint density at radius 3 is 2.60 bits per heavy atom. The second-order valence-electron chi connectivity index (χ2n) is 7.19. The summed E-state index contributed by atoms with van der Waals surface area (Å²) in [4.78, 5) is 11.9. The molecule has 2 heterocycles. The van der Waals surface area contributed by atoms with Crippen LogP contribution in [0.5, 0.6) is 0 Å². The standard InChI is InChI=1S/C22H23FN2O4S/c1-2-29-22(26)12-14-25-20-6-4-3-5-18(20)19-15-24(13-11-21(19)25)30(27,28)17-9-7-16(23)8-10-17/h3-10H,2,11-15H2,1H3. The molecule has 0 saturated heterocycles. The number of hydrogen-bond donors (Lipinski definition) is 0. The molecule has 0 fully saturated rings. The molecule has 0 atom stereocenters. The van der Waals surface area contributed by atoms with Gasteiger partial charge in [-0.1, -0.05) is 18.2 Å². The quantitative estimate of drug-likeness (QED) is 0.562. The highest BCUT2D eigenvalue weighted by molar-refractivity contribution is 7.89. The van der Waals surface area contributed by atoms with Crippen molar-refractivity contribution in [3.63, 3.8) is 0 Å². The van der Waals surface area contributed by atoms with Gasteiger partial charge in [-0.15, -0.1) is 0 Å². The summed E-state index contributed by atoms with van der Waals surface area (Å²) in [5, 5.41) is 0.982. The van der Waals surface area contributed by atoms with Crippen molar-refractivity contribution in [2.24, 2.45) is 0 Å². The molecule has 8 heteroatoms. The van der Waals surface area contributed by atoms with E-state index in [-0.39, 0.29) is 23.8 Å². The molecule has 0 saturated carbocycles. The summed E-state index contributed by atoms with van der Waals surface area (Å²) in [6, 6.07) is 12.7. The van der Waals surface area contributed by atoms with E-state index in [0.29, 0.717) is 26.1 Å². The Bertz CT molecular complexity index is 1190. The lowest BCUT2D eigenvalue weighted by Gasteiger charge is -2.27. The number of aromatic nitrogens is 1. The summed E-state index contributed by atoms with van der Waals surface area (Å²) in [5.74, 6) is -0.722. The normalized spacial score (nSPS) is 14.6. The molecule has 6 nitrogen and oxygen atoms in total. The van der Waals surface area contributed by atoms with E-state index in [0.717, 1.165) is 34.3 Å². The maximum atomic E-state index is 13.2. The molecule has 1 aliphatic heterocycles. The molecule has 2 aromatic carbocycles. The predicted octanol–water partition coefficient (Wildman–Crippen LogP) is 3.48. The number of aryl methyl sites for hydroxylation is 1. The van der Waals surface area contributed by atoms with Gasteiger partial charge in [-0.3, -0.25) is 4.79 Å². The topological polar surface area (TPSA) is 68.6 Å². The van der Waals surface area contributed by atoms with Crippen molar-refractivity contribution in [3.05, 3.63) is 65.6 Å². The lowest BCUT2D eigenvalue weighted by molar-refractivity contribution is -0.143. The zero-order valence-electron chi connectivity index (χ0n) is 16.7. The molecule has 1 aliphatic rings. The number of carbonyl (C=O) groups is 1. The smallest absolute Gasteiger partial charge is 0.307 e. The lowest BCUT2D eigenvalue weighted by Crippen LogP contribution is -2.36. The van der Waals surface area contributed by atoms with Crippen LogP contribution in [0.3, 0.4) is 0 Å². The van der Waals surface area contributed by atoms with Crippen molar-refractivity contribution in [1.82, 2.24) is 8.87 Å². The van der Waals surface area contributed by atoms with Crippen LogP contribution in [0.25, 0.3) is 10.9 Å². The highest BCUT2D eigenvalue weighted by atomic mass is 32.2. The molecule has 0 amide bonds. The summed E-state index contributed by atoms with van der Waals surface area (Å²) in [5.41, 5.74) is 2.98. The summed E-state index contributed by atoms with van der Waals surface area (Å²) >= 11 is 0. The van der Waals surface area contributed by atoms with Crippen LogP contribution in [-0.4, -0.2) is 36.4 Å². The van der Waals surface area contributed by atoms with Crippen LogP contribution in [0.15, 0.2) is 53.4 Å². The van der Waals surface area contributed by atoms with E-state index in [4.69, 9.17) is 4.74 Å². The van der Waals surface area contributed by atoms with E-state index < -0.39 is 15.8 Å². The van der Waals surface area contributed by atoms with Crippen LogP contribution in [-0.2, 0) is 39.1 Å². The van der Waals surface area contributed by atoms with Crippen LogP contribution in [0.1, 0.15) is 24.6 Å². The van der Waals surface area contributed by atoms with Crippen molar-refractivity contribution >= 4 is 26.9 Å². The first-order valence-electron chi connectivity index (χ1n) is 9.92. The summed E-state index contributed by atoms with van der Waals surface area (Å²) < 4.78 is 48.0. The van der Waals surface area contributed by atoms with Crippen LogP contribution in [0.4, 0.5) is 4.39 Å². The van der Waals surface area contributed by atoms with Gasteiger partial charge in [-0.2, -0.15) is 4.31 Å². The van der Waals surface area contributed by atoms with Gasteiger partial charge in [0.2, 0.25) is 10.0 Å². The van der Waals surface area contributed by atoms with Gasteiger partial charge in [0.05, 0.1) is 17.9 Å². The Morgan fingerprint density at radius 2 is 1.87 bits per heavy atom. The highest BCUT2D eigenvalue weighted by Gasteiger charge is 2.31. The third-order valence-electron chi connectivity index (χ3n) is 5.42. The lowest BCUT2D eigenvalue weighted by atomic mass is 10.1. The van der Waals surface area contributed by atoms with E-state index in [9.17, 15) is 17.6 Å². The number of esters is 1. The van der Waals surface area contributed by atoms with Crippen molar-refractivity contribution < 1.29 is 22.3 Å². The Kier molecular flexibility index (Phi) is 5.62. The number of hydrogen-bond acceptors (Lipinski definition) is 4. The predicted molar refractivity (Wildman–Crippen MR) is 111 cm³/mol. The maximum absolute atomic E-state index is 13.2. The van der Waals surface area contributed by atoms with E-state index in [2.05, 4.69) is 4.57 Å². The average molecular weight is 431 g/mol. The zero-order chi connectivity index (χ0) is 21.3. The van der Waals surface area contributed by atoms with Crippen LogP contribution in [0, 0.1) is 5.82 Å². The molecule has 0 N–H and O–H groups in total. The SMILES string of the molecule is CCOC(=O)CCn1c2c(c3ccccc31)CN(S(=O)(=O)c1ccc(F)cc1)CC2. The van der Waals surface area contributed by atoms with Gasteiger partial charge in [0.1, 0.15) is 5.82 Å². The molecule has 0 bridgehead atoms. The van der Waals surface area contributed by atoms with Gasteiger partial charge in [0.15, 0.2) is 0 Å². The molecule has 1 aromatic heterocycles. The first-order chi connectivity index (χ1) is 14.4. The van der Waals surface area contributed by atoms with E-state index in [1.54, 1.807) is 6.92 Å². The molecular formula is C22H23FN2O4S. The maximum Gasteiger partial charge on any atom is 0.307 e. The van der Waals surface area contributed by atoms with Gasteiger partial charge >= 0.3 is 5.97 Å². The number of carbonyl (C=O) groups excluding carboxylic acids is 1. The van der Waals surface area contributed by atoms with E-state index >= 15 is 0 Å². The van der Waals surface area contributed by atoms with Crippen LogP contribution in [0.2, 0.25) is 0 Å². The number of para-hydroxylation sites is 1. The Balaban J connectivity index is 1.67. The molecule has 158 valence electrons. The van der Waals surface area contributed by atoms with Gasteiger partial charge < -0.3 is 9.30 Å². The monoisotopic (exact) mass is 430 g/mol. The summed E-state index contributed by atoms with van der Waals surface area (Å²) in [6.45, 7) is 3.17. The minimum Gasteiger partial charge on any atom is -0.466 e. The molecular weight excluding hydrogens is 407 g/mol. The number of benzene rings is 2. The first kappa shape index (κ1) is 20.6. The van der Waals surface area contributed by atoms with Crippen molar-refractivity contribution in [3.8, 4) is 0 Å². The zero-order valence-corrected chi connectivity index (χ0v) is 17.5. The molecule has 0 radical (unpaired) electrons. The molecule has 30 heavy (non-hydrogen) atoms. The third-order valence-corrected chi connectivity index (χ3v) is 7.28. The Morgan fingerprint density at radius 1 is 1.13 bits per heavy atom. The van der Waals surface area contributed by atoms with E-state index in [1.807, 2.05) is 24.3 Å². The fourth-order valence-corrected chi connectivity index (χ4v) is 5.44. The van der Waals surface area contributed by atoms with Crippen molar-refractivity contribution in [2.75, 3.05) is 13.2 Å². The first-order valence-corrected chi connectivity index (χ1v) is 11.4. The van der Waals surface area contributed by atoms with Gasteiger partial charge in [-0.25, -0.2) is 12.8 Å². The number of halogens is 1. The fourth-order valence-electron chi connectivity index (χ4n) is 4.03. The fraction of sp³-hybridized carbons (Fsp3) is 0.318. The second-order valence-corrected chi connectivity index (χ2v) is 9.13. The minimum absolute atomic E-state index is 0.0819. The van der Waals surface area contributed by atoms with Gasteiger partial charge in [0, 0.05) is 42.7 Å². The van der Waals surface area contributed by atoms with Crippen molar-refractivity contribution in [1.29, 1.82) is 0 Å². The molecule has 4 rings (SSSR count).